The fourth-order valence-corrected chi connectivity index (χ4v) is 1.96. The molecule has 1 heterocycles. The lowest BCUT2D eigenvalue weighted by Gasteiger charge is -2.06. The Hall–Kier alpha value is -1.62. The number of aromatic amines is 1. The number of aromatic nitrogens is 1. The number of halogens is 1. The Bertz CT molecular complexity index is 633. The number of benzene rings is 1. The summed E-state index contributed by atoms with van der Waals surface area (Å²) in [4.78, 5) is 24.9. The second kappa shape index (κ2) is 4.71. The molecule has 4 nitrogen and oxygen atoms in total. The number of fused-ring (bicyclic) bond motifs is 1. The van der Waals surface area contributed by atoms with E-state index in [0.29, 0.717) is 5.56 Å². The highest BCUT2D eigenvalue weighted by Crippen LogP contribution is 2.20. The van der Waals surface area contributed by atoms with Crippen LogP contribution in [0.1, 0.15) is 12.5 Å². The van der Waals surface area contributed by atoms with Crippen molar-refractivity contribution in [2.24, 2.45) is 0 Å². The Morgan fingerprint density at radius 3 is 2.88 bits per heavy atom. The summed E-state index contributed by atoms with van der Waals surface area (Å²) in [5, 5.41) is 0.861. The predicted octanol–water partition coefficient (Wildman–Crippen LogP) is 2.35. The van der Waals surface area contributed by atoms with E-state index in [1.165, 1.54) is 13.0 Å². The van der Waals surface area contributed by atoms with E-state index in [1.807, 2.05) is 12.1 Å². The molecule has 0 saturated carbocycles. The van der Waals surface area contributed by atoms with Crippen LogP contribution in [0.4, 0.5) is 0 Å². The van der Waals surface area contributed by atoms with Gasteiger partial charge in [0.05, 0.1) is 0 Å². The molecule has 5 heteroatoms. The third-order valence-corrected chi connectivity index (χ3v) is 2.81. The van der Waals surface area contributed by atoms with Crippen molar-refractivity contribution in [3.63, 3.8) is 0 Å². The smallest absolute Gasteiger partial charge is 0.302 e. The average molecular weight is 296 g/mol. The van der Waals surface area contributed by atoms with Crippen molar-refractivity contribution in [2.75, 3.05) is 0 Å². The highest BCUT2D eigenvalue weighted by Gasteiger charge is 2.05. The van der Waals surface area contributed by atoms with Crippen LogP contribution in [0.3, 0.4) is 0 Å². The Balaban J connectivity index is 2.55. The molecule has 88 valence electrons. The molecule has 1 aromatic carbocycles. The quantitative estimate of drug-likeness (QED) is 0.865. The van der Waals surface area contributed by atoms with E-state index < -0.39 is 0 Å². The molecule has 0 aliphatic heterocycles. The van der Waals surface area contributed by atoms with E-state index in [4.69, 9.17) is 4.74 Å². The summed E-state index contributed by atoms with van der Waals surface area (Å²) in [5.41, 5.74) is 1.21. The summed E-state index contributed by atoms with van der Waals surface area (Å²) in [6.07, 6.45) is 0. The number of carbonyl (C=O) groups is 1. The van der Waals surface area contributed by atoms with Gasteiger partial charge in [0.15, 0.2) is 0 Å². The number of rotatable bonds is 2. The van der Waals surface area contributed by atoms with E-state index in [-0.39, 0.29) is 18.1 Å². The van der Waals surface area contributed by atoms with E-state index in [2.05, 4.69) is 20.9 Å². The van der Waals surface area contributed by atoms with Crippen LogP contribution in [-0.4, -0.2) is 11.0 Å². The fourth-order valence-electron chi connectivity index (χ4n) is 1.59. The minimum Gasteiger partial charge on any atom is -0.461 e. The van der Waals surface area contributed by atoms with Crippen molar-refractivity contribution in [3.05, 3.63) is 44.7 Å². The predicted molar refractivity (Wildman–Crippen MR) is 67.7 cm³/mol. The summed E-state index contributed by atoms with van der Waals surface area (Å²) in [6.45, 7) is 1.44. The highest BCUT2D eigenvalue weighted by atomic mass is 79.9. The van der Waals surface area contributed by atoms with Crippen molar-refractivity contribution in [1.29, 1.82) is 0 Å². The number of ether oxygens (including phenoxy) is 1. The van der Waals surface area contributed by atoms with Gasteiger partial charge < -0.3 is 9.72 Å². The molecule has 0 fully saturated rings. The van der Waals surface area contributed by atoms with Gasteiger partial charge in [-0.3, -0.25) is 9.59 Å². The lowest BCUT2D eigenvalue weighted by Crippen LogP contribution is -2.08. The zero-order valence-corrected chi connectivity index (χ0v) is 10.7. The minimum atomic E-state index is -0.367. The maximum atomic E-state index is 11.4. The lowest BCUT2D eigenvalue weighted by molar-refractivity contribution is -0.142. The molecule has 1 aromatic heterocycles. The van der Waals surface area contributed by atoms with Crippen molar-refractivity contribution >= 4 is 32.8 Å². The van der Waals surface area contributed by atoms with Crippen molar-refractivity contribution in [2.45, 2.75) is 13.5 Å². The number of esters is 1. The zero-order valence-electron chi connectivity index (χ0n) is 9.12. The Labute approximate surface area is 106 Å². The molecule has 1 N–H and O–H groups in total. The van der Waals surface area contributed by atoms with Gasteiger partial charge in [0.1, 0.15) is 6.61 Å². The molecule has 0 spiro atoms. The van der Waals surface area contributed by atoms with Gasteiger partial charge in [-0.1, -0.05) is 15.9 Å². The monoisotopic (exact) mass is 295 g/mol. The molecule has 0 saturated heterocycles. The van der Waals surface area contributed by atoms with Crippen LogP contribution < -0.4 is 5.56 Å². The number of pyridine rings is 1. The molecule has 0 aliphatic rings. The van der Waals surface area contributed by atoms with Crippen LogP contribution in [0.15, 0.2) is 33.5 Å². The van der Waals surface area contributed by atoms with Gasteiger partial charge in [-0.05, 0) is 18.2 Å². The van der Waals surface area contributed by atoms with Crippen LogP contribution in [-0.2, 0) is 16.1 Å². The van der Waals surface area contributed by atoms with Gasteiger partial charge in [-0.25, -0.2) is 0 Å². The van der Waals surface area contributed by atoms with Crippen LogP contribution in [0.5, 0.6) is 0 Å². The van der Waals surface area contributed by atoms with Crippen LogP contribution in [0.25, 0.3) is 10.9 Å². The molecule has 0 bridgehead atoms. The van der Waals surface area contributed by atoms with Gasteiger partial charge in [-0.15, -0.1) is 0 Å². The summed E-state index contributed by atoms with van der Waals surface area (Å²) in [5.74, 6) is -0.367. The van der Waals surface area contributed by atoms with Gasteiger partial charge in [0.25, 0.3) is 0 Å². The summed E-state index contributed by atoms with van der Waals surface area (Å²) < 4.78 is 5.83. The first-order valence-electron chi connectivity index (χ1n) is 5.01. The van der Waals surface area contributed by atoms with Gasteiger partial charge in [0.2, 0.25) is 5.56 Å². The molecule has 0 atom stereocenters. The first-order valence-corrected chi connectivity index (χ1v) is 5.80. The normalized spacial score (nSPS) is 10.5. The van der Waals surface area contributed by atoms with E-state index in [0.717, 1.165) is 15.4 Å². The minimum absolute atomic E-state index is 0.103. The maximum absolute atomic E-state index is 11.4. The molecule has 0 amide bonds. The topological polar surface area (TPSA) is 59.2 Å². The first-order chi connectivity index (χ1) is 8.06. The lowest BCUT2D eigenvalue weighted by atomic mass is 10.1. The number of H-pyrrole nitrogens is 1. The Morgan fingerprint density at radius 2 is 2.18 bits per heavy atom. The molecule has 0 aliphatic carbocycles. The molecule has 2 rings (SSSR count). The largest absolute Gasteiger partial charge is 0.461 e. The number of hydrogen-bond acceptors (Lipinski definition) is 3. The van der Waals surface area contributed by atoms with Gasteiger partial charge in [-0.2, -0.15) is 0 Å². The van der Waals surface area contributed by atoms with Gasteiger partial charge in [0, 0.05) is 33.9 Å². The molecule has 17 heavy (non-hydrogen) atoms. The molecular formula is C12H10BrNO3. The number of nitrogens with one attached hydrogen (secondary N) is 1. The van der Waals surface area contributed by atoms with E-state index in [1.54, 1.807) is 6.07 Å². The average Bonchev–Trinajstić information content (AvgIpc) is 2.26. The van der Waals surface area contributed by atoms with Crippen LogP contribution in [0.2, 0.25) is 0 Å². The summed E-state index contributed by atoms with van der Waals surface area (Å²) in [7, 11) is 0. The first kappa shape index (κ1) is 11.9. The standard InChI is InChI=1S/C12H10BrNO3/c1-7(15)17-6-8-4-12(16)14-11-3-2-9(13)5-10(8)11/h2-5H,6H2,1H3,(H,14,16). The third kappa shape index (κ3) is 2.74. The number of hydrogen-bond donors (Lipinski definition) is 1. The summed E-state index contributed by atoms with van der Waals surface area (Å²) >= 11 is 3.37. The molecule has 2 aromatic rings. The molecule has 0 unspecified atom stereocenters. The number of carbonyl (C=O) groups excluding carboxylic acids is 1. The molecular weight excluding hydrogens is 286 g/mol. The highest BCUT2D eigenvalue weighted by molar-refractivity contribution is 9.10. The van der Waals surface area contributed by atoms with Crippen molar-refractivity contribution in [1.82, 2.24) is 4.98 Å². The second-order valence-corrected chi connectivity index (χ2v) is 4.54. The van der Waals surface area contributed by atoms with Crippen LogP contribution in [0, 0.1) is 0 Å². The fraction of sp³-hybridized carbons (Fsp3) is 0.167. The maximum Gasteiger partial charge on any atom is 0.302 e. The van der Waals surface area contributed by atoms with Crippen molar-refractivity contribution < 1.29 is 9.53 Å². The SMILES string of the molecule is CC(=O)OCc1cc(=O)[nH]c2ccc(Br)cc12. The Kier molecular flexibility index (Phi) is 3.28. The Morgan fingerprint density at radius 1 is 1.41 bits per heavy atom. The van der Waals surface area contributed by atoms with Gasteiger partial charge >= 0.3 is 5.97 Å². The van der Waals surface area contributed by atoms with E-state index in [9.17, 15) is 9.59 Å². The summed E-state index contributed by atoms with van der Waals surface area (Å²) in [6, 6.07) is 6.97. The third-order valence-electron chi connectivity index (χ3n) is 2.32. The van der Waals surface area contributed by atoms with Crippen LogP contribution >= 0.6 is 15.9 Å². The second-order valence-electron chi connectivity index (χ2n) is 3.63. The molecule has 0 radical (unpaired) electrons. The van der Waals surface area contributed by atoms with Crippen molar-refractivity contribution in [3.8, 4) is 0 Å². The van der Waals surface area contributed by atoms with E-state index >= 15 is 0 Å². The zero-order chi connectivity index (χ0) is 12.4.